The van der Waals surface area contributed by atoms with Gasteiger partial charge in [0.2, 0.25) is 0 Å². The van der Waals surface area contributed by atoms with Crippen molar-refractivity contribution in [3.63, 3.8) is 0 Å². The number of likely N-dealkylation sites (tertiary alicyclic amines) is 1. The van der Waals surface area contributed by atoms with Gasteiger partial charge in [-0.15, -0.1) is 0 Å². The highest BCUT2D eigenvalue weighted by Gasteiger charge is 2.24. The van der Waals surface area contributed by atoms with Crippen LogP contribution < -0.4 is 0 Å². The fourth-order valence-corrected chi connectivity index (χ4v) is 4.17. The Morgan fingerprint density at radius 3 is 2.36 bits per heavy atom. The fraction of sp³-hybridized carbons (Fsp3) is 0.632. The van der Waals surface area contributed by atoms with Crippen LogP contribution in [0.5, 0.6) is 0 Å². The number of thioether (sulfide) groups is 1. The van der Waals surface area contributed by atoms with E-state index in [1.165, 1.54) is 43.3 Å². The molecule has 0 aromatic heterocycles. The Kier molecular flexibility index (Phi) is 6.97. The average Bonchev–Trinajstić information content (AvgIpc) is 3.05. The molecule has 3 heteroatoms. The summed E-state index contributed by atoms with van der Waals surface area (Å²) < 4.78 is 0. The van der Waals surface area contributed by atoms with Crippen LogP contribution >= 0.6 is 11.8 Å². The number of hydrogen-bond donors (Lipinski definition) is 0. The van der Waals surface area contributed by atoms with E-state index in [-0.39, 0.29) is 5.92 Å². The van der Waals surface area contributed by atoms with E-state index >= 15 is 0 Å². The van der Waals surface area contributed by atoms with E-state index in [4.69, 9.17) is 0 Å². The second kappa shape index (κ2) is 8.73. The summed E-state index contributed by atoms with van der Waals surface area (Å²) in [6.07, 6.45) is 3.56. The third-order valence-electron chi connectivity index (χ3n) is 4.42. The van der Waals surface area contributed by atoms with Gasteiger partial charge in [0.15, 0.2) is 5.12 Å². The summed E-state index contributed by atoms with van der Waals surface area (Å²) in [7, 11) is 0. The Balaban J connectivity index is 1.93. The molecule has 0 radical (unpaired) electrons. The van der Waals surface area contributed by atoms with Crippen LogP contribution in [0.2, 0.25) is 0 Å². The molecule has 0 unspecified atom stereocenters. The minimum Gasteiger partial charge on any atom is -0.300 e. The van der Waals surface area contributed by atoms with Crippen molar-refractivity contribution >= 4 is 16.9 Å². The lowest BCUT2D eigenvalue weighted by Gasteiger charge is -2.24. The van der Waals surface area contributed by atoms with E-state index in [0.29, 0.717) is 17.1 Å². The second-order valence-electron chi connectivity index (χ2n) is 6.81. The zero-order valence-corrected chi connectivity index (χ0v) is 14.9. The summed E-state index contributed by atoms with van der Waals surface area (Å²) in [5.41, 5.74) is 1.17. The lowest BCUT2D eigenvalue weighted by molar-refractivity contribution is -0.112. The van der Waals surface area contributed by atoms with Gasteiger partial charge in [-0.25, -0.2) is 0 Å². The van der Waals surface area contributed by atoms with E-state index in [1.807, 2.05) is 18.2 Å². The van der Waals surface area contributed by atoms with Gasteiger partial charge in [-0.1, -0.05) is 55.9 Å². The Labute approximate surface area is 139 Å². The predicted molar refractivity (Wildman–Crippen MR) is 96.4 cm³/mol. The van der Waals surface area contributed by atoms with Crippen molar-refractivity contribution in [1.82, 2.24) is 4.90 Å². The molecule has 1 fully saturated rings. The number of carbonyl (C=O) groups is 1. The molecule has 1 saturated heterocycles. The van der Waals surface area contributed by atoms with E-state index in [2.05, 4.69) is 37.8 Å². The van der Waals surface area contributed by atoms with Gasteiger partial charge in [0.05, 0.1) is 5.92 Å². The molecular weight excluding hydrogens is 290 g/mol. The summed E-state index contributed by atoms with van der Waals surface area (Å²) in [6.45, 7) is 9.04. The first-order chi connectivity index (χ1) is 10.6. The van der Waals surface area contributed by atoms with E-state index < -0.39 is 0 Å². The SMILES string of the molecule is CC(C)C[C@H](C(=O)SC[C@@H](C)N1CCCC1)c1ccccc1. The average molecular weight is 320 g/mol. The summed E-state index contributed by atoms with van der Waals surface area (Å²) >= 11 is 1.54. The first-order valence-electron chi connectivity index (χ1n) is 8.53. The zero-order chi connectivity index (χ0) is 15.9. The number of nitrogens with zero attached hydrogens (tertiary/aromatic N) is 1. The molecule has 0 spiro atoms. The Hall–Kier alpha value is -0.800. The molecule has 0 saturated carbocycles. The van der Waals surface area contributed by atoms with Crippen molar-refractivity contribution < 1.29 is 4.79 Å². The maximum atomic E-state index is 12.7. The lowest BCUT2D eigenvalue weighted by Crippen LogP contribution is -2.32. The Bertz CT molecular complexity index is 454. The normalized spacial score (nSPS) is 18.5. The molecule has 122 valence electrons. The monoisotopic (exact) mass is 319 g/mol. The number of benzene rings is 1. The molecule has 1 aliphatic heterocycles. The first-order valence-corrected chi connectivity index (χ1v) is 9.52. The molecule has 0 aliphatic carbocycles. The van der Waals surface area contributed by atoms with Crippen molar-refractivity contribution in [2.45, 2.75) is 52.0 Å². The topological polar surface area (TPSA) is 20.3 Å². The Morgan fingerprint density at radius 2 is 1.77 bits per heavy atom. The van der Waals surface area contributed by atoms with E-state index in [9.17, 15) is 4.79 Å². The van der Waals surface area contributed by atoms with Gasteiger partial charge in [-0.2, -0.15) is 0 Å². The highest BCUT2D eigenvalue weighted by molar-refractivity contribution is 8.13. The van der Waals surface area contributed by atoms with Crippen molar-refractivity contribution in [2.75, 3.05) is 18.8 Å². The number of rotatable bonds is 7. The van der Waals surface area contributed by atoms with Gasteiger partial charge in [0.25, 0.3) is 0 Å². The van der Waals surface area contributed by atoms with Gasteiger partial charge >= 0.3 is 0 Å². The van der Waals surface area contributed by atoms with Gasteiger partial charge in [-0.05, 0) is 50.8 Å². The van der Waals surface area contributed by atoms with Crippen LogP contribution in [0, 0.1) is 5.92 Å². The molecule has 2 nitrogen and oxygen atoms in total. The molecule has 22 heavy (non-hydrogen) atoms. The van der Waals surface area contributed by atoms with Crippen LogP contribution in [-0.2, 0) is 4.79 Å². The smallest absolute Gasteiger partial charge is 0.196 e. The molecular formula is C19H29NOS. The molecule has 1 aromatic carbocycles. The second-order valence-corrected chi connectivity index (χ2v) is 7.84. The van der Waals surface area contributed by atoms with Crippen LogP contribution in [-0.4, -0.2) is 34.9 Å². The van der Waals surface area contributed by atoms with Crippen molar-refractivity contribution in [2.24, 2.45) is 5.92 Å². The molecule has 2 atom stereocenters. The number of hydrogen-bond acceptors (Lipinski definition) is 3. The molecule has 0 N–H and O–H groups in total. The quantitative estimate of drug-likeness (QED) is 0.735. The summed E-state index contributed by atoms with van der Waals surface area (Å²) in [5.74, 6) is 1.49. The van der Waals surface area contributed by atoms with Gasteiger partial charge < -0.3 is 0 Å². The first kappa shape index (κ1) is 17.6. The van der Waals surface area contributed by atoms with Crippen molar-refractivity contribution in [3.05, 3.63) is 35.9 Å². The third-order valence-corrected chi connectivity index (χ3v) is 5.64. The highest BCUT2D eigenvalue weighted by Crippen LogP contribution is 2.30. The fourth-order valence-electron chi connectivity index (χ4n) is 3.12. The highest BCUT2D eigenvalue weighted by atomic mass is 32.2. The minimum absolute atomic E-state index is 0.0389. The summed E-state index contributed by atoms with van der Waals surface area (Å²) in [5, 5.41) is 0.339. The molecule has 1 aliphatic rings. The van der Waals surface area contributed by atoms with Crippen LogP contribution in [0.15, 0.2) is 30.3 Å². The van der Waals surface area contributed by atoms with Gasteiger partial charge in [-0.3, -0.25) is 9.69 Å². The zero-order valence-electron chi connectivity index (χ0n) is 14.1. The maximum absolute atomic E-state index is 12.7. The molecule has 1 heterocycles. The molecule has 2 rings (SSSR count). The summed E-state index contributed by atoms with van der Waals surface area (Å²) in [4.78, 5) is 15.3. The van der Waals surface area contributed by atoms with E-state index in [0.717, 1.165) is 12.2 Å². The minimum atomic E-state index is 0.0389. The van der Waals surface area contributed by atoms with Crippen LogP contribution in [0.3, 0.4) is 0 Å². The van der Waals surface area contributed by atoms with Crippen LogP contribution in [0.25, 0.3) is 0 Å². The molecule has 1 aromatic rings. The van der Waals surface area contributed by atoms with Gasteiger partial charge in [0, 0.05) is 11.8 Å². The standard InChI is InChI=1S/C19H29NOS/c1-15(2)13-18(17-9-5-4-6-10-17)19(21)22-14-16(3)20-11-7-8-12-20/h4-6,9-10,15-16,18H,7-8,11-14H2,1-3H3/t16-,18+/m1/s1. The lowest BCUT2D eigenvalue weighted by atomic mass is 9.91. The van der Waals surface area contributed by atoms with Crippen molar-refractivity contribution in [1.29, 1.82) is 0 Å². The van der Waals surface area contributed by atoms with Gasteiger partial charge in [0.1, 0.15) is 0 Å². The largest absolute Gasteiger partial charge is 0.300 e. The third kappa shape index (κ3) is 5.13. The Morgan fingerprint density at radius 1 is 1.14 bits per heavy atom. The summed E-state index contributed by atoms with van der Waals surface area (Å²) in [6, 6.07) is 10.8. The van der Waals surface area contributed by atoms with Crippen LogP contribution in [0.1, 0.15) is 51.5 Å². The maximum Gasteiger partial charge on any atom is 0.196 e. The molecule has 0 bridgehead atoms. The van der Waals surface area contributed by atoms with E-state index in [1.54, 1.807) is 0 Å². The van der Waals surface area contributed by atoms with Crippen LogP contribution in [0.4, 0.5) is 0 Å². The molecule has 0 amide bonds. The number of carbonyl (C=O) groups excluding carboxylic acids is 1. The predicted octanol–water partition coefficient (Wildman–Crippen LogP) is 4.56. The van der Waals surface area contributed by atoms with Crippen molar-refractivity contribution in [3.8, 4) is 0 Å².